The summed E-state index contributed by atoms with van der Waals surface area (Å²) >= 11 is 0. The van der Waals surface area contributed by atoms with E-state index in [9.17, 15) is 4.79 Å². The summed E-state index contributed by atoms with van der Waals surface area (Å²) in [5.74, 6) is 0.185. The van der Waals surface area contributed by atoms with Gasteiger partial charge in [0.25, 0.3) is 0 Å². The van der Waals surface area contributed by atoms with Crippen molar-refractivity contribution in [2.24, 2.45) is 0 Å². The van der Waals surface area contributed by atoms with E-state index in [4.69, 9.17) is 10.00 Å². The topological polar surface area (TPSA) is 87.9 Å². The summed E-state index contributed by atoms with van der Waals surface area (Å²) < 4.78 is 5.06. The zero-order chi connectivity index (χ0) is 13.6. The van der Waals surface area contributed by atoms with Gasteiger partial charge in [0, 0.05) is 18.8 Å². The lowest BCUT2D eigenvalue weighted by Crippen LogP contribution is -2.27. The van der Waals surface area contributed by atoms with E-state index in [1.165, 1.54) is 0 Å². The summed E-state index contributed by atoms with van der Waals surface area (Å²) in [5, 5.41) is 10.9. The van der Waals surface area contributed by atoms with Gasteiger partial charge in [0.15, 0.2) is 0 Å². The largest absolute Gasteiger partial charge is 0.444 e. The van der Waals surface area contributed by atoms with Crippen LogP contribution >= 0.6 is 0 Å². The maximum Gasteiger partial charge on any atom is 0.414 e. The fraction of sp³-hybridized carbons (Fsp3) is 0.500. The highest BCUT2D eigenvalue weighted by molar-refractivity contribution is 5.82. The monoisotopic (exact) mass is 248 g/mol. The second-order valence-electron chi connectivity index (χ2n) is 4.70. The molecule has 0 unspecified atom stereocenters. The van der Waals surface area contributed by atoms with E-state index >= 15 is 0 Å². The fourth-order valence-corrected chi connectivity index (χ4v) is 1.14. The summed E-state index contributed by atoms with van der Waals surface area (Å²) in [6.45, 7) is 5.33. The number of nitrogens with zero attached hydrogens (tertiary/aromatic N) is 3. The smallest absolute Gasteiger partial charge is 0.414 e. The molecule has 1 aromatic heterocycles. The second-order valence-corrected chi connectivity index (χ2v) is 4.70. The minimum Gasteiger partial charge on any atom is -0.444 e. The van der Waals surface area contributed by atoms with Crippen molar-refractivity contribution in [2.75, 3.05) is 5.32 Å². The first-order valence-electron chi connectivity index (χ1n) is 5.58. The lowest BCUT2D eigenvalue weighted by atomic mass is 10.2. The van der Waals surface area contributed by atoms with E-state index in [1.807, 2.05) is 6.07 Å². The first-order chi connectivity index (χ1) is 8.40. The molecular formula is C12H16N4O2. The van der Waals surface area contributed by atoms with Gasteiger partial charge in [-0.1, -0.05) is 0 Å². The molecule has 0 aromatic carbocycles. The number of aryl methyl sites for hydroxylation is 1. The number of amides is 1. The number of nitriles is 1. The predicted octanol–water partition coefficient (Wildman–Crippen LogP) is 2.28. The molecule has 0 saturated heterocycles. The van der Waals surface area contributed by atoms with E-state index in [1.54, 1.807) is 33.2 Å². The molecule has 0 aliphatic heterocycles. The first kappa shape index (κ1) is 13.9. The van der Waals surface area contributed by atoms with Crippen LogP contribution in [0.2, 0.25) is 0 Å². The number of carbonyl (C=O) groups is 1. The quantitative estimate of drug-likeness (QED) is 0.886. The van der Waals surface area contributed by atoms with Gasteiger partial charge >= 0.3 is 6.09 Å². The minimum atomic E-state index is -0.590. The van der Waals surface area contributed by atoms with Gasteiger partial charge in [-0.3, -0.25) is 5.32 Å². The summed E-state index contributed by atoms with van der Waals surface area (Å²) in [6.07, 6.45) is 3.59. The number of hydrogen-bond donors (Lipinski definition) is 1. The van der Waals surface area contributed by atoms with Crippen LogP contribution in [0.4, 0.5) is 10.7 Å². The molecule has 0 radical (unpaired) electrons. The Balaban J connectivity index is 2.54. The molecule has 0 saturated carbocycles. The highest BCUT2D eigenvalue weighted by Gasteiger charge is 2.16. The van der Waals surface area contributed by atoms with Crippen molar-refractivity contribution >= 4 is 12.0 Å². The van der Waals surface area contributed by atoms with Crippen LogP contribution in [0.3, 0.4) is 0 Å². The molecule has 1 N–H and O–H groups in total. The maximum atomic E-state index is 11.4. The molecule has 0 aliphatic rings. The van der Waals surface area contributed by atoms with E-state index < -0.39 is 11.7 Å². The average Bonchev–Trinajstić information content (AvgIpc) is 2.25. The van der Waals surface area contributed by atoms with E-state index in [0.29, 0.717) is 12.8 Å². The van der Waals surface area contributed by atoms with Crippen LogP contribution in [-0.2, 0) is 11.2 Å². The van der Waals surface area contributed by atoms with Crippen LogP contribution in [0.5, 0.6) is 0 Å². The summed E-state index contributed by atoms with van der Waals surface area (Å²) in [7, 11) is 0. The number of ether oxygens (including phenoxy) is 1. The third kappa shape index (κ3) is 5.25. The van der Waals surface area contributed by atoms with Crippen LogP contribution in [-0.4, -0.2) is 21.7 Å². The fourth-order valence-electron chi connectivity index (χ4n) is 1.14. The van der Waals surface area contributed by atoms with Crippen molar-refractivity contribution in [3.05, 3.63) is 18.0 Å². The lowest BCUT2D eigenvalue weighted by Gasteiger charge is -2.19. The molecule has 0 spiro atoms. The van der Waals surface area contributed by atoms with Crippen LogP contribution in [0, 0.1) is 11.3 Å². The van der Waals surface area contributed by atoms with Crippen molar-refractivity contribution in [2.45, 2.75) is 39.2 Å². The van der Waals surface area contributed by atoms with Gasteiger partial charge in [-0.05, 0) is 32.8 Å². The van der Waals surface area contributed by atoms with Gasteiger partial charge in [0.1, 0.15) is 5.60 Å². The summed E-state index contributed by atoms with van der Waals surface area (Å²) in [4.78, 5) is 19.4. The molecule has 1 amide bonds. The number of rotatable bonds is 3. The standard InChI is InChI=1S/C12H16N4O2/c1-12(2,3)18-11(17)16-10-14-7-9(8-15-10)5-4-6-13/h7-8H,4-5H2,1-3H3,(H,14,15,16,17). The number of carbonyl (C=O) groups excluding carboxylic acids is 1. The zero-order valence-corrected chi connectivity index (χ0v) is 10.7. The molecule has 1 aromatic rings. The third-order valence-electron chi connectivity index (χ3n) is 1.84. The van der Waals surface area contributed by atoms with Gasteiger partial charge < -0.3 is 4.74 Å². The Bertz CT molecular complexity index is 443. The Kier molecular flexibility index (Phi) is 4.60. The highest BCUT2D eigenvalue weighted by Crippen LogP contribution is 2.09. The number of anilines is 1. The number of hydrogen-bond acceptors (Lipinski definition) is 5. The second kappa shape index (κ2) is 5.96. The molecule has 6 nitrogen and oxygen atoms in total. The molecule has 0 fully saturated rings. The summed E-state index contributed by atoms with van der Waals surface area (Å²) in [5.41, 5.74) is 0.294. The van der Waals surface area contributed by atoms with Crippen LogP contribution < -0.4 is 5.32 Å². The van der Waals surface area contributed by atoms with E-state index in [2.05, 4.69) is 15.3 Å². The first-order valence-corrected chi connectivity index (χ1v) is 5.58. The molecule has 1 rings (SSSR count). The number of nitrogens with one attached hydrogen (secondary N) is 1. The Morgan fingerprint density at radius 3 is 2.56 bits per heavy atom. The molecule has 0 aliphatic carbocycles. The van der Waals surface area contributed by atoms with Crippen LogP contribution in [0.25, 0.3) is 0 Å². The van der Waals surface area contributed by atoms with E-state index in [0.717, 1.165) is 5.56 Å². The maximum absolute atomic E-state index is 11.4. The molecule has 18 heavy (non-hydrogen) atoms. The van der Waals surface area contributed by atoms with Crippen molar-refractivity contribution in [1.82, 2.24) is 9.97 Å². The van der Waals surface area contributed by atoms with Crippen molar-refractivity contribution in [3.8, 4) is 6.07 Å². The van der Waals surface area contributed by atoms with Gasteiger partial charge in [-0.25, -0.2) is 14.8 Å². The Hall–Kier alpha value is -2.16. The van der Waals surface area contributed by atoms with Gasteiger partial charge in [0.05, 0.1) is 6.07 Å². The van der Waals surface area contributed by atoms with Crippen molar-refractivity contribution in [3.63, 3.8) is 0 Å². The third-order valence-corrected chi connectivity index (χ3v) is 1.84. The molecule has 6 heteroatoms. The Morgan fingerprint density at radius 1 is 1.44 bits per heavy atom. The highest BCUT2D eigenvalue weighted by atomic mass is 16.6. The van der Waals surface area contributed by atoms with Gasteiger partial charge in [0.2, 0.25) is 5.95 Å². The molecule has 0 bridgehead atoms. The lowest BCUT2D eigenvalue weighted by molar-refractivity contribution is 0.0634. The summed E-state index contributed by atoms with van der Waals surface area (Å²) in [6, 6.07) is 2.04. The van der Waals surface area contributed by atoms with Gasteiger partial charge in [-0.15, -0.1) is 0 Å². The molecular weight excluding hydrogens is 232 g/mol. The van der Waals surface area contributed by atoms with Crippen molar-refractivity contribution < 1.29 is 9.53 Å². The predicted molar refractivity (Wildman–Crippen MR) is 65.8 cm³/mol. The van der Waals surface area contributed by atoms with Crippen LogP contribution in [0.1, 0.15) is 32.8 Å². The number of aromatic nitrogens is 2. The SMILES string of the molecule is CC(C)(C)OC(=O)Nc1ncc(CCC#N)cn1. The minimum absolute atomic E-state index is 0.185. The Morgan fingerprint density at radius 2 is 2.06 bits per heavy atom. The van der Waals surface area contributed by atoms with Crippen LogP contribution in [0.15, 0.2) is 12.4 Å². The zero-order valence-electron chi connectivity index (χ0n) is 10.7. The molecule has 0 atom stereocenters. The van der Waals surface area contributed by atoms with Crippen molar-refractivity contribution in [1.29, 1.82) is 5.26 Å². The normalized spacial score (nSPS) is 10.6. The molecule has 96 valence electrons. The average molecular weight is 248 g/mol. The molecule has 1 heterocycles. The van der Waals surface area contributed by atoms with E-state index in [-0.39, 0.29) is 5.95 Å². The Labute approximate surface area is 106 Å². The van der Waals surface area contributed by atoms with Gasteiger partial charge in [-0.2, -0.15) is 5.26 Å².